The number of benzene rings is 2. The first-order valence-electron chi connectivity index (χ1n) is 12.0. The van der Waals surface area contributed by atoms with E-state index in [1.807, 2.05) is 24.3 Å². The first-order chi connectivity index (χ1) is 17.1. The minimum atomic E-state index is -0.889. The van der Waals surface area contributed by atoms with Crippen LogP contribution in [0.1, 0.15) is 36.1 Å². The Morgan fingerprint density at radius 2 is 1.94 bits per heavy atom. The van der Waals surface area contributed by atoms with Gasteiger partial charge < -0.3 is 29.2 Å². The van der Waals surface area contributed by atoms with E-state index >= 15 is 0 Å². The van der Waals surface area contributed by atoms with E-state index in [4.69, 9.17) is 18.9 Å². The molecule has 1 saturated heterocycles. The molecule has 0 aliphatic carbocycles. The number of ether oxygens (including phenoxy) is 4. The van der Waals surface area contributed by atoms with Gasteiger partial charge in [0.1, 0.15) is 24.2 Å². The molecule has 1 unspecified atom stereocenters. The second-order valence-corrected chi connectivity index (χ2v) is 8.52. The van der Waals surface area contributed by atoms with E-state index in [1.54, 1.807) is 30.0 Å². The molecule has 2 aromatic rings. The van der Waals surface area contributed by atoms with Gasteiger partial charge in [-0.05, 0) is 55.3 Å². The zero-order valence-electron chi connectivity index (χ0n) is 20.0. The first-order valence-corrected chi connectivity index (χ1v) is 12.0. The van der Waals surface area contributed by atoms with E-state index in [0.29, 0.717) is 36.6 Å². The molecule has 186 valence electrons. The summed E-state index contributed by atoms with van der Waals surface area (Å²) in [7, 11) is 0. The second-order valence-electron chi connectivity index (χ2n) is 8.52. The van der Waals surface area contributed by atoms with Crippen molar-refractivity contribution in [3.05, 3.63) is 71.8 Å². The summed E-state index contributed by atoms with van der Waals surface area (Å²) in [6, 6.07) is 13.2. The van der Waals surface area contributed by atoms with Gasteiger partial charge in [-0.15, -0.1) is 0 Å². The summed E-state index contributed by atoms with van der Waals surface area (Å²) in [6.45, 7) is 8.56. The summed E-state index contributed by atoms with van der Waals surface area (Å²) in [4.78, 5) is 26.4. The lowest BCUT2D eigenvalue weighted by molar-refractivity contribution is -0.151. The van der Waals surface area contributed by atoms with Gasteiger partial charge in [-0.3, -0.25) is 0 Å². The average Bonchev–Trinajstić information content (AvgIpc) is 3.35. The van der Waals surface area contributed by atoms with Crippen molar-refractivity contribution in [1.82, 2.24) is 10.2 Å². The lowest BCUT2D eigenvalue weighted by Crippen LogP contribution is -2.31. The summed E-state index contributed by atoms with van der Waals surface area (Å²) >= 11 is 0. The van der Waals surface area contributed by atoms with Crippen LogP contribution in [0.15, 0.2) is 55.1 Å². The Labute approximate surface area is 205 Å². The van der Waals surface area contributed by atoms with Crippen LogP contribution in [0.2, 0.25) is 0 Å². The van der Waals surface area contributed by atoms with Crippen molar-refractivity contribution in [3.8, 4) is 11.5 Å². The number of carbonyl (C=O) groups is 2. The third-order valence-electron chi connectivity index (χ3n) is 6.03. The summed E-state index contributed by atoms with van der Waals surface area (Å²) < 4.78 is 22.5. The molecule has 0 radical (unpaired) electrons. The van der Waals surface area contributed by atoms with E-state index in [0.717, 1.165) is 19.5 Å². The highest BCUT2D eigenvalue weighted by Crippen LogP contribution is 2.28. The molecule has 2 aliphatic heterocycles. The minimum absolute atomic E-state index is 0.127. The molecule has 2 aliphatic rings. The van der Waals surface area contributed by atoms with Gasteiger partial charge in [0.15, 0.2) is 0 Å². The van der Waals surface area contributed by atoms with Gasteiger partial charge in [0.2, 0.25) is 6.10 Å². The third-order valence-corrected chi connectivity index (χ3v) is 6.03. The minimum Gasteiger partial charge on any atom is -0.489 e. The van der Waals surface area contributed by atoms with Crippen molar-refractivity contribution in [2.24, 2.45) is 0 Å². The lowest BCUT2D eigenvalue weighted by atomic mass is 10.0. The van der Waals surface area contributed by atoms with Crippen molar-refractivity contribution in [1.29, 1.82) is 0 Å². The number of amides is 1. The van der Waals surface area contributed by atoms with E-state index in [-0.39, 0.29) is 25.4 Å². The fraction of sp³-hybridized carbons (Fsp3) is 0.407. The Bertz CT molecular complexity index is 1040. The van der Waals surface area contributed by atoms with E-state index in [9.17, 15) is 9.59 Å². The molecule has 2 atom stereocenters. The predicted molar refractivity (Wildman–Crippen MR) is 130 cm³/mol. The van der Waals surface area contributed by atoms with Crippen molar-refractivity contribution >= 4 is 12.1 Å². The topological polar surface area (TPSA) is 86.3 Å². The highest BCUT2D eigenvalue weighted by molar-refractivity contribution is 5.77. The lowest BCUT2D eigenvalue weighted by Gasteiger charge is -2.22. The molecule has 0 bridgehead atoms. The number of hydrogen-bond donors (Lipinski definition) is 1. The second kappa shape index (κ2) is 11.8. The SMILES string of the molecule is C=CCOC(=O)N1CC[C@H](Oc2ccc(C(Oc3ccc4c(c3)CNCC4)C(=O)OCC)cc2)C1. The van der Waals surface area contributed by atoms with Gasteiger partial charge in [0.05, 0.1) is 13.2 Å². The van der Waals surface area contributed by atoms with Gasteiger partial charge in [0, 0.05) is 25.1 Å². The van der Waals surface area contributed by atoms with Crippen LogP contribution in [0, 0.1) is 0 Å². The molecular formula is C27H32N2O6. The first kappa shape index (κ1) is 24.6. The summed E-state index contributed by atoms with van der Waals surface area (Å²) in [5.74, 6) is 0.837. The molecule has 0 saturated carbocycles. The Hall–Kier alpha value is -3.52. The summed E-state index contributed by atoms with van der Waals surface area (Å²) in [5, 5.41) is 3.36. The summed E-state index contributed by atoms with van der Waals surface area (Å²) in [5.41, 5.74) is 3.15. The predicted octanol–water partition coefficient (Wildman–Crippen LogP) is 3.79. The Morgan fingerprint density at radius 3 is 2.71 bits per heavy atom. The van der Waals surface area contributed by atoms with Crippen LogP contribution in [-0.2, 0) is 27.2 Å². The van der Waals surface area contributed by atoms with Crippen LogP contribution in [0.3, 0.4) is 0 Å². The molecule has 8 heteroatoms. The van der Waals surface area contributed by atoms with Crippen LogP contribution < -0.4 is 14.8 Å². The molecule has 35 heavy (non-hydrogen) atoms. The van der Waals surface area contributed by atoms with Crippen LogP contribution in [-0.4, -0.2) is 55.9 Å². The number of esters is 1. The maximum absolute atomic E-state index is 12.7. The number of fused-ring (bicyclic) bond motifs is 1. The van der Waals surface area contributed by atoms with Crippen molar-refractivity contribution in [2.75, 3.05) is 32.8 Å². The molecular weight excluding hydrogens is 448 g/mol. The summed E-state index contributed by atoms with van der Waals surface area (Å²) in [6.07, 6.45) is 1.86. The van der Waals surface area contributed by atoms with Crippen LogP contribution >= 0.6 is 0 Å². The monoisotopic (exact) mass is 480 g/mol. The molecule has 0 aromatic heterocycles. The van der Waals surface area contributed by atoms with Gasteiger partial charge in [0.25, 0.3) is 0 Å². The number of likely N-dealkylation sites (tertiary alicyclic amines) is 1. The highest BCUT2D eigenvalue weighted by atomic mass is 16.6. The zero-order chi connectivity index (χ0) is 24.6. The molecule has 1 amide bonds. The highest BCUT2D eigenvalue weighted by Gasteiger charge is 2.29. The molecule has 2 aromatic carbocycles. The fourth-order valence-electron chi connectivity index (χ4n) is 4.26. The number of carbonyl (C=O) groups excluding carboxylic acids is 2. The van der Waals surface area contributed by atoms with Crippen LogP contribution in [0.4, 0.5) is 4.79 Å². The van der Waals surface area contributed by atoms with Crippen molar-refractivity contribution < 1.29 is 28.5 Å². The largest absolute Gasteiger partial charge is 0.489 e. The quantitative estimate of drug-likeness (QED) is 0.432. The Kier molecular flexibility index (Phi) is 8.26. The molecule has 0 spiro atoms. The number of nitrogens with zero attached hydrogens (tertiary/aromatic N) is 1. The maximum Gasteiger partial charge on any atom is 0.410 e. The normalized spacial score (nSPS) is 17.7. The molecule has 4 rings (SSSR count). The standard InChI is InChI=1S/C27H32N2O6/c1-3-15-33-27(31)29-14-12-24(18-29)34-22-8-6-20(7-9-22)25(26(30)32-4-2)35-23-10-5-19-11-13-28-17-21(19)16-23/h3,5-10,16,24-25,28H,1,4,11-15,17-18H2,2H3/t24-,25?/m0/s1. The van der Waals surface area contributed by atoms with Crippen LogP contribution in [0.5, 0.6) is 11.5 Å². The zero-order valence-corrected chi connectivity index (χ0v) is 20.0. The van der Waals surface area contributed by atoms with Gasteiger partial charge >= 0.3 is 12.1 Å². The fourth-order valence-corrected chi connectivity index (χ4v) is 4.26. The van der Waals surface area contributed by atoms with E-state index in [2.05, 4.69) is 18.0 Å². The Balaban J connectivity index is 1.41. The number of rotatable bonds is 9. The molecule has 1 N–H and O–H groups in total. The molecule has 2 heterocycles. The van der Waals surface area contributed by atoms with E-state index < -0.39 is 12.1 Å². The molecule has 8 nitrogen and oxygen atoms in total. The van der Waals surface area contributed by atoms with E-state index in [1.165, 1.54) is 11.1 Å². The third kappa shape index (κ3) is 6.33. The number of nitrogens with one attached hydrogen (secondary N) is 1. The average molecular weight is 481 g/mol. The number of hydrogen-bond acceptors (Lipinski definition) is 7. The Morgan fingerprint density at radius 1 is 1.14 bits per heavy atom. The molecule has 1 fully saturated rings. The van der Waals surface area contributed by atoms with Crippen molar-refractivity contribution in [2.45, 2.75) is 38.5 Å². The van der Waals surface area contributed by atoms with Crippen molar-refractivity contribution in [3.63, 3.8) is 0 Å². The van der Waals surface area contributed by atoms with Crippen LogP contribution in [0.25, 0.3) is 0 Å². The van der Waals surface area contributed by atoms with Gasteiger partial charge in [-0.2, -0.15) is 0 Å². The maximum atomic E-state index is 12.7. The van der Waals surface area contributed by atoms with Gasteiger partial charge in [-0.25, -0.2) is 9.59 Å². The smallest absolute Gasteiger partial charge is 0.410 e. The van der Waals surface area contributed by atoms with Gasteiger partial charge in [-0.1, -0.05) is 30.9 Å².